The second-order valence-electron chi connectivity index (χ2n) is 4.04. The molecule has 2 rings (SSSR count). The van der Waals surface area contributed by atoms with Gasteiger partial charge in [0.2, 0.25) is 5.91 Å². The van der Waals surface area contributed by atoms with E-state index in [9.17, 15) is 14.0 Å². The molecule has 1 aromatic rings. The van der Waals surface area contributed by atoms with Gasteiger partial charge in [0.05, 0.1) is 0 Å². The van der Waals surface area contributed by atoms with Crippen LogP contribution in [0.25, 0.3) is 0 Å². The Labute approximate surface area is 103 Å². The lowest BCUT2D eigenvalue weighted by Gasteiger charge is -2.36. The van der Waals surface area contributed by atoms with E-state index < -0.39 is 29.8 Å². The number of carbonyl (C=O) groups excluding carboxylic acids is 1. The first-order chi connectivity index (χ1) is 8.52. The number of nitrogens with zero attached hydrogens (tertiary/aromatic N) is 1. The molecular formula is C12H12FNO4. The Morgan fingerprint density at radius 1 is 1.50 bits per heavy atom. The molecule has 2 atom stereocenters. The van der Waals surface area contributed by atoms with Gasteiger partial charge in [-0.2, -0.15) is 0 Å². The van der Waals surface area contributed by atoms with Crippen LogP contribution in [0.1, 0.15) is 11.7 Å². The maximum absolute atomic E-state index is 13.7. The lowest BCUT2D eigenvalue weighted by atomic mass is 9.99. The lowest BCUT2D eigenvalue weighted by Crippen LogP contribution is -2.52. The monoisotopic (exact) mass is 253 g/mol. The third kappa shape index (κ3) is 2.06. The molecule has 1 aliphatic heterocycles. The van der Waals surface area contributed by atoms with Gasteiger partial charge in [0.25, 0.3) is 0 Å². The number of amides is 1. The van der Waals surface area contributed by atoms with E-state index in [4.69, 9.17) is 9.84 Å². The van der Waals surface area contributed by atoms with Gasteiger partial charge < -0.3 is 14.7 Å². The van der Waals surface area contributed by atoms with E-state index in [0.29, 0.717) is 0 Å². The van der Waals surface area contributed by atoms with Gasteiger partial charge in [-0.3, -0.25) is 4.79 Å². The van der Waals surface area contributed by atoms with Crippen molar-refractivity contribution in [2.24, 2.45) is 0 Å². The van der Waals surface area contributed by atoms with Crippen molar-refractivity contribution in [2.75, 3.05) is 13.7 Å². The normalized spacial score (nSPS) is 24.1. The molecule has 1 saturated heterocycles. The maximum Gasteiger partial charge on any atom is 0.329 e. The van der Waals surface area contributed by atoms with Gasteiger partial charge in [0.1, 0.15) is 18.5 Å². The number of ether oxygens (including phenoxy) is 1. The number of likely N-dealkylation sites (N-methyl/N-ethyl adjacent to an activating group) is 1. The Hall–Kier alpha value is -1.95. The Kier molecular flexibility index (Phi) is 3.29. The molecule has 5 nitrogen and oxygen atoms in total. The number of carboxylic acid groups (broad SMARTS) is 1. The number of aliphatic carboxylic acids is 1. The molecule has 0 saturated carbocycles. The first-order valence-corrected chi connectivity index (χ1v) is 5.37. The quantitative estimate of drug-likeness (QED) is 0.847. The average molecular weight is 253 g/mol. The Bertz CT molecular complexity index is 491. The molecule has 1 amide bonds. The van der Waals surface area contributed by atoms with Crippen molar-refractivity contribution in [3.8, 4) is 0 Å². The van der Waals surface area contributed by atoms with Gasteiger partial charge >= 0.3 is 5.97 Å². The van der Waals surface area contributed by atoms with Crippen molar-refractivity contribution >= 4 is 11.9 Å². The van der Waals surface area contributed by atoms with Crippen LogP contribution in [0.15, 0.2) is 24.3 Å². The van der Waals surface area contributed by atoms with Crippen LogP contribution in [0.4, 0.5) is 4.39 Å². The van der Waals surface area contributed by atoms with Crippen LogP contribution in [0.3, 0.4) is 0 Å². The summed E-state index contributed by atoms with van der Waals surface area (Å²) in [6.45, 7) is -0.251. The molecule has 0 radical (unpaired) electrons. The van der Waals surface area contributed by atoms with E-state index in [-0.39, 0.29) is 12.2 Å². The van der Waals surface area contributed by atoms with Crippen LogP contribution in [-0.2, 0) is 14.3 Å². The fraction of sp³-hybridized carbons (Fsp3) is 0.333. The molecule has 0 bridgehead atoms. The highest BCUT2D eigenvalue weighted by Gasteiger charge is 2.41. The van der Waals surface area contributed by atoms with Crippen LogP contribution in [0.5, 0.6) is 0 Å². The summed E-state index contributed by atoms with van der Waals surface area (Å²) < 4.78 is 18.8. The highest BCUT2D eigenvalue weighted by molar-refractivity contribution is 5.86. The van der Waals surface area contributed by atoms with E-state index in [0.717, 1.165) is 4.90 Å². The molecule has 0 spiro atoms. The number of benzene rings is 1. The predicted octanol–water partition coefficient (Wildman–Crippen LogP) is 0.809. The second-order valence-corrected chi connectivity index (χ2v) is 4.04. The summed E-state index contributed by atoms with van der Waals surface area (Å²) in [7, 11) is 1.37. The molecule has 18 heavy (non-hydrogen) atoms. The molecule has 6 heteroatoms. The van der Waals surface area contributed by atoms with Crippen molar-refractivity contribution in [3.05, 3.63) is 35.6 Å². The molecule has 1 fully saturated rings. The highest BCUT2D eigenvalue weighted by atomic mass is 19.1. The summed E-state index contributed by atoms with van der Waals surface area (Å²) in [5.74, 6) is -2.20. The molecule has 1 aromatic carbocycles. The number of hydrogen-bond donors (Lipinski definition) is 1. The third-order valence-electron chi connectivity index (χ3n) is 2.95. The number of halogens is 1. The average Bonchev–Trinajstić information content (AvgIpc) is 2.33. The molecule has 0 aliphatic carbocycles. The van der Waals surface area contributed by atoms with E-state index in [2.05, 4.69) is 0 Å². The minimum atomic E-state index is -1.22. The van der Waals surface area contributed by atoms with E-state index in [1.54, 1.807) is 6.07 Å². The summed E-state index contributed by atoms with van der Waals surface area (Å²) in [6.07, 6.45) is -0.994. The number of rotatable bonds is 2. The zero-order valence-corrected chi connectivity index (χ0v) is 9.67. The number of hydrogen-bond acceptors (Lipinski definition) is 3. The number of carbonyl (C=O) groups is 2. The SMILES string of the molecule is CN1C(=O)COC(c2ccccc2F)C1C(=O)O. The van der Waals surface area contributed by atoms with Crippen LogP contribution >= 0.6 is 0 Å². The maximum atomic E-state index is 13.7. The summed E-state index contributed by atoms with van der Waals surface area (Å²) in [5.41, 5.74) is 0.143. The van der Waals surface area contributed by atoms with Gasteiger partial charge in [-0.15, -0.1) is 0 Å². The lowest BCUT2D eigenvalue weighted by molar-refractivity contribution is -0.170. The number of carboxylic acids is 1. The van der Waals surface area contributed by atoms with Crippen molar-refractivity contribution in [2.45, 2.75) is 12.1 Å². The zero-order chi connectivity index (χ0) is 13.3. The minimum absolute atomic E-state index is 0.143. The summed E-state index contributed by atoms with van der Waals surface area (Å²) in [5, 5.41) is 9.15. The third-order valence-corrected chi connectivity index (χ3v) is 2.95. The number of morpholine rings is 1. The van der Waals surface area contributed by atoms with Gasteiger partial charge in [0.15, 0.2) is 6.04 Å². The Balaban J connectivity index is 2.40. The van der Waals surface area contributed by atoms with Crippen molar-refractivity contribution < 1.29 is 23.8 Å². The van der Waals surface area contributed by atoms with Gasteiger partial charge in [-0.1, -0.05) is 18.2 Å². The van der Waals surface area contributed by atoms with E-state index >= 15 is 0 Å². The Morgan fingerprint density at radius 2 is 2.17 bits per heavy atom. The molecule has 1 N–H and O–H groups in total. The summed E-state index contributed by atoms with van der Waals surface area (Å²) >= 11 is 0. The fourth-order valence-electron chi connectivity index (χ4n) is 1.97. The van der Waals surface area contributed by atoms with Gasteiger partial charge in [-0.05, 0) is 6.07 Å². The summed E-state index contributed by atoms with van der Waals surface area (Å²) in [4.78, 5) is 23.7. The minimum Gasteiger partial charge on any atom is -0.480 e. The van der Waals surface area contributed by atoms with Crippen LogP contribution in [0.2, 0.25) is 0 Å². The molecule has 2 unspecified atom stereocenters. The standard InChI is InChI=1S/C12H12FNO4/c1-14-9(15)6-18-11(10(14)12(16)17)7-4-2-3-5-8(7)13/h2-5,10-11H,6H2,1H3,(H,16,17). The Morgan fingerprint density at radius 3 is 2.78 bits per heavy atom. The van der Waals surface area contributed by atoms with Crippen molar-refractivity contribution in [3.63, 3.8) is 0 Å². The van der Waals surface area contributed by atoms with Gasteiger partial charge in [-0.25, -0.2) is 9.18 Å². The first-order valence-electron chi connectivity index (χ1n) is 5.37. The van der Waals surface area contributed by atoms with Crippen LogP contribution in [0, 0.1) is 5.82 Å². The predicted molar refractivity (Wildman–Crippen MR) is 59.3 cm³/mol. The van der Waals surface area contributed by atoms with Crippen LogP contribution < -0.4 is 0 Å². The molecule has 1 heterocycles. The zero-order valence-electron chi connectivity index (χ0n) is 9.67. The topological polar surface area (TPSA) is 66.8 Å². The fourth-order valence-corrected chi connectivity index (χ4v) is 1.97. The van der Waals surface area contributed by atoms with Crippen molar-refractivity contribution in [1.82, 2.24) is 4.90 Å². The van der Waals surface area contributed by atoms with Crippen LogP contribution in [-0.4, -0.2) is 41.6 Å². The molecular weight excluding hydrogens is 241 g/mol. The first kappa shape index (κ1) is 12.5. The van der Waals surface area contributed by atoms with Crippen molar-refractivity contribution in [1.29, 1.82) is 0 Å². The van der Waals surface area contributed by atoms with E-state index in [1.165, 1.54) is 25.2 Å². The molecule has 96 valence electrons. The van der Waals surface area contributed by atoms with Gasteiger partial charge in [0, 0.05) is 12.6 Å². The largest absolute Gasteiger partial charge is 0.480 e. The van der Waals surface area contributed by atoms with E-state index in [1.807, 2.05) is 0 Å². The second kappa shape index (κ2) is 4.73. The smallest absolute Gasteiger partial charge is 0.329 e. The summed E-state index contributed by atoms with van der Waals surface area (Å²) in [6, 6.07) is 4.57. The molecule has 1 aliphatic rings. The molecule has 0 aromatic heterocycles. The highest BCUT2D eigenvalue weighted by Crippen LogP contribution is 2.30.